The standard InChI is InChI=1S/Ce.Lu.O.Y. The largest absolute Gasteiger partial charge is 0 e. The Kier molecular flexibility index (Phi) is 62.7. The molecule has 0 saturated heterocycles. The first-order chi connectivity index (χ1) is 1.00. The van der Waals surface area contributed by atoms with Gasteiger partial charge in [-0.25, -0.2) is 0 Å². The van der Waals surface area contributed by atoms with Gasteiger partial charge in [-0.1, -0.05) is 0 Å². The third kappa shape index (κ3) is 9.10. The summed E-state index contributed by atoms with van der Waals surface area (Å²) < 4.78 is 8.39. The molecule has 0 spiro atoms. The molecule has 4 heavy (non-hydrogen) atoms. The first kappa shape index (κ1) is 15.6. The number of rotatable bonds is 0. The third-order valence-electron chi connectivity index (χ3n) is 0. The zero-order valence-corrected chi connectivity index (χ0v) is 9.38. The van der Waals surface area contributed by atoms with Crippen molar-refractivity contribution >= 4 is 0 Å². The summed E-state index contributed by atoms with van der Waals surface area (Å²) in [6.07, 6.45) is 0. The van der Waals surface area contributed by atoms with E-state index in [1.807, 2.05) is 0 Å². The molecule has 0 aromatic carbocycles. The molecule has 0 aromatic heterocycles. The Hall–Kier alpha value is 3.51. The van der Waals surface area contributed by atoms with Crippen LogP contribution in [-0.4, -0.2) is 0 Å². The molecule has 0 aromatic rings. The first-order valence-electron chi connectivity index (χ1n) is 0.204. The minimum Gasteiger partial charge on any atom is 0 e. The van der Waals surface area contributed by atoms with Crippen molar-refractivity contribution in [1.82, 2.24) is 0 Å². The molecule has 4 heteroatoms. The van der Waals surface area contributed by atoms with Crippen molar-refractivity contribution in [3.8, 4) is 0 Å². The van der Waals surface area contributed by atoms with Gasteiger partial charge in [-0.15, -0.1) is 0 Å². The second-order valence-corrected chi connectivity index (χ2v) is 0. The molecule has 28 valence electrons. The van der Waals surface area contributed by atoms with E-state index in [1.54, 1.807) is 0 Å². The van der Waals surface area contributed by atoms with Crippen LogP contribution in [0.1, 0.15) is 0 Å². The fourth-order valence-corrected chi connectivity index (χ4v) is 0. The summed E-state index contributed by atoms with van der Waals surface area (Å²) in [5.41, 5.74) is 0. The second-order valence-electron chi connectivity index (χ2n) is 0. The molecule has 2 radical (unpaired) electrons. The predicted molar refractivity (Wildman–Crippen MR) is 0.686 cm³/mol. The summed E-state index contributed by atoms with van der Waals surface area (Å²) in [5.74, 6) is 0. The van der Waals surface area contributed by atoms with Crippen LogP contribution in [0.3, 0.4) is 0 Å². The van der Waals surface area contributed by atoms with Crippen molar-refractivity contribution < 1.29 is 110 Å². The van der Waals surface area contributed by atoms with E-state index in [2.05, 4.69) is 0 Å². The quantitative estimate of drug-likeness (QED) is 0.535. The summed E-state index contributed by atoms with van der Waals surface area (Å²) in [5, 5.41) is 0. The van der Waals surface area contributed by atoms with Gasteiger partial charge in [-0.05, 0) is 0 Å². The molecule has 0 aliphatic rings. The van der Waals surface area contributed by atoms with E-state index in [0.717, 1.165) is 0 Å². The van der Waals surface area contributed by atoms with Gasteiger partial charge in [0.15, 0.2) is 0 Å². The van der Waals surface area contributed by atoms with Gasteiger partial charge in [0.1, 0.15) is 0 Å². The van der Waals surface area contributed by atoms with Crippen LogP contribution < -0.4 is 0 Å². The fourth-order valence-electron chi connectivity index (χ4n) is 0. The van der Waals surface area contributed by atoms with E-state index in [-0.39, 0.29) is 109 Å². The minimum absolute atomic E-state index is 0. The Bertz CT molecular complexity index is 8.00. The maximum atomic E-state index is 8.39. The van der Waals surface area contributed by atoms with Crippen molar-refractivity contribution in [2.75, 3.05) is 0 Å². The SMILES string of the molecule is [Lu].[O]=[Ce].[Y]. The Labute approximate surface area is 107 Å². The predicted octanol–water partition coefficient (Wildman–Crippen LogP) is -0.121. The Balaban J connectivity index is -0.00000000500. The molecule has 0 bridgehead atoms. The molecule has 0 rings (SSSR count). The summed E-state index contributed by atoms with van der Waals surface area (Å²) in [6.45, 7) is 0. The van der Waals surface area contributed by atoms with Gasteiger partial charge in [0, 0.05) is 69.6 Å². The van der Waals surface area contributed by atoms with Gasteiger partial charge < -0.3 is 0 Å². The smallest absolute Gasteiger partial charge is 0 e. The minimum atomic E-state index is 0. The fraction of sp³-hybridized carbons (Fsp3) is 0. The summed E-state index contributed by atoms with van der Waals surface area (Å²) in [7, 11) is 0. The molecule has 0 heterocycles. The summed E-state index contributed by atoms with van der Waals surface area (Å²) in [6, 6.07) is 0. The summed E-state index contributed by atoms with van der Waals surface area (Å²) in [4.78, 5) is 0. The van der Waals surface area contributed by atoms with E-state index < -0.39 is 0 Å². The molecule has 0 amide bonds. The molecule has 0 unspecified atom stereocenters. The maximum absolute atomic E-state index is 8.39. The van der Waals surface area contributed by atoms with Crippen molar-refractivity contribution in [1.29, 1.82) is 0 Å². The number of hydrogen-bond acceptors (Lipinski definition) is 1. The zero-order chi connectivity index (χ0) is 2.00. The second kappa shape index (κ2) is 16.0. The molecular formula is CeLuOY. The van der Waals surface area contributed by atoms with Gasteiger partial charge in [0.2, 0.25) is 0 Å². The molecule has 0 aliphatic carbocycles. The third-order valence-corrected chi connectivity index (χ3v) is 0. The van der Waals surface area contributed by atoms with Crippen molar-refractivity contribution in [3.63, 3.8) is 0 Å². The summed E-state index contributed by atoms with van der Waals surface area (Å²) >= 11 is 0.0556. The molecule has 0 saturated carbocycles. The van der Waals surface area contributed by atoms with E-state index in [0.29, 0.717) is 0 Å². The van der Waals surface area contributed by atoms with Crippen molar-refractivity contribution in [3.05, 3.63) is 0 Å². The molecule has 0 N–H and O–H groups in total. The zero-order valence-electron chi connectivity index (χ0n) is 1.74. The molecule has 0 aliphatic heterocycles. The van der Waals surface area contributed by atoms with Gasteiger partial charge in [0.05, 0.1) is 0 Å². The monoisotopic (exact) mass is 420 g/mol. The van der Waals surface area contributed by atoms with Crippen LogP contribution in [0.15, 0.2) is 0 Å². The van der Waals surface area contributed by atoms with Gasteiger partial charge in [0.25, 0.3) is 0 Å². The van der Waals surface area contributed by atoms with Crippen LogP contribution in [0.25, 0.3) is 0 Å². The van der Waals surface area contributed by atoms with Gasteiger partial charge in [-0.3, -0.25) is 0 Å². The van der Waals surface area contributed by atoms with Crippen LogP contribution in [0.2, 0.25) is 0 Å². The Morgan fingerprint density at radius 3 is 1.25 bits per heavy atom. The van der Waals surface area contributed by atoms with Crippen molar-refractivity contribution in [2.24, 2.45) is 0 Å². The molecular weight excluding hydrogens is 420 g/mol. The van der Waals surface area contributed by atoms with Crippen LogP contribution in [-0.2, 0) is 33.6 Å². The number of hydrogen-bond donors (Lipinski definition) is 0. The normalized spacial score (nSPS) is 0.750. The topological polar surface area (TPSA) is 17.1 Å². The Morgan fingerprint density at radius 1 is 1.25 bits per heavy atom. The van der Waals surface area contributed by atoms with Crippen LogP contribution in [0, 0.1) is 76.6 Å². The van der Waals surface area contributed by atoms with Gasteiger partial charge in [-0.2, -0.15) is 0 Å². The van der Waals surface area contributed by atoms with Crippen LogP contribution >= 0.6 is 0 Å². The van der Waals surface area contributed by atoms with Crippen LogP contribution in [0.4, 0.5) is 0 Å². The van der Waals surface area contributed by atoms with E-state index in [1.165, 1.54) is 0 Å². The van der Waals surface area contributed by atoms with Crippen LogP contribution in [0.5, 0.6) is 0 Å². The molecule has 0 fully saturated rings. The van der Waals surface area contributed by atoms with E-state index in [9.17, 15) is 0 Å². The van der Waals surface area contributed by atoms with E-state index >= 15 is 0 Å². The maximum Gasteiger partial charge on any atom is 0 e. The molecule has 1 nitrogen and oxygen atoms in total. The van der Waals surface area contributed by atoms with Gasteiger partial charge >= 0.3 is 40.7 Å². The van der Waals surface area contributed by atoms with E-state index in [4.69, 9.17) is 0.938 Å². The Morgan fingerprint density at radius 2 is 1.25 bits per heavy atom. The molecule has 0 atom stereocenters. The average Bonchev–Trinajstić information content (AvgIpc) is 1.00. The first-order valence-corrected chi connectivity index (χ1v) is 1.49. The van der Waals surface area contributed by atoms with Crippen molar-refractivity contribution in [2.45, 2.75) is 0 Å². The average molecular weight is 420 g/mol.